The van der Waals surface area contributed by atoms with Crippen molar-refractivity contribution in [2.75, 3.05) is 13.1 Å². The molecule has 1 saturated heterocycles. The monoisotopic (exact) mass is 317 g/mol. The van der Waals surface area contributed by atoms with Gasteiger partial charge in [-0.15, -0.1) is 0 Å². The molecule has 0 radical (unpaired) electrons. The summed E-state index contributed by atoms with van der Waals surface area (Å²) >= 11 is 11.6. The highest BCUT2D eigenvalue weighted by atomic mass is 35.5. The molecule has 1 aromatic rings. The van der Waals surface area contributed by atoms with E-state index >= 15 is 0 Å². The van der Waals surface area contributed by atoms with Crippen molar-refractivity contribution < 1.29 is 19.8 Å². The number of amides is 1. The molecule has 1 aliphatic rings. The van der Waals surface area contributed by atoms with Crippen LogP contribution in [-0.4, -0.2) is 40.1 Å². The number of phenolic OH excluding ortho intramolecular Hbond substituents is 1. The first-order valence-corrected chi connectivity index (χ1v) is 6.86. The zero-order chi connectivity index (χ0) is 14.9. The second kappa shape index (κ2) is 5.89. The van der Waals surface area contributed by atoms with Gasteiger partial charge in [0.05, 0.1) is 15.6 Å². The Morgan fingerprint density at radius 1 is 1.15 bits per heavy atom. The maximum absolute atomic E-state index is 12.3. The summed E-state index contributed by atoms with van der Waals surface area (Å²) in [5.74, 6) is -0.745. The van der Waals surface area contributed by atoms with Crippen molar-refractivity contribution in [2.24, 2.45) is 5.92 Å². The van der Waals surface area contributed by atoms with Crippen molar-refractivity contribution in [1.29, 1.82) is 0 Å². The van der Waals surface area contributed by atoms with Crippen molar-refractivity contribution in [3.05, 3.63) is 27.7 Å². The number of Topliss-reactive ketones (excluding diaryl/α,β-unsaturated/α-hetero) is 1. The van der Waals surface area contributed by atoms with E-state index in [2.05, 4.69) is 0 Å². The van der Waals surface area contributed by atoms with Crippen LogP contribution in [0.5, 0.6) is 5.75 Å². The predicted octanol–water partition coefficient (Wildman–Crippen LogP) is 3.27. The quantitative estimate of drug-likeness (QED) is 0.820. The molecule has 1 amide bonds. The van der Waals surface area contributed by atoms with Gasteiger partial charge in [0.15, 0.2) is 5.78 Å². The fraction of sp³-hybridized carbons (Fsp3) is 0.385. The summed E-state index contributed by atoms with van der Waals surface area (Å²) in [7, 11) is 0. The maximum Gasteiger partial charge on any atom is 0.407 e. The second-order valence-corrected chi connectivity index (χ2v) is 5.51. The van der Waals surface area contributed by atoms with E-state index in [4.69, 9.17) is 28.3 Å². The summed E-state index contributed by atoms with van der Waals surface area (Å²) in [5.41, 5.74) is 0.133. The first kappa shape index (κ1) is 14.9. The molecule has 1 aromatic carbocycles. The SMILES string of the molecule is O=C(c1cc(Cl)c(Cl)cc1O)C1CCN(C(=O)O)CC1. The van der Waals surface area contributed by atoms with Crippen LogP contribution in [0.2, 0.25) is 10.0 Å². The molecule has 1 heterocycles. The Labute approximate surface area is 125 Å². The third-order valence-corrected chi connectivity index (χ3v) is 4.16. The third-order valence-electron chi connectivity index (χ3n) is 3.44. The highest BCUT2D eigenvalue weighted by Gasteiger charge is 2.29. The topological polar surface area (TPSA) is 77.8 Å². The van der Waals surface area contributed by atoms with E-state index in [-0.39, 0.29) is 33.1 Å². The van der Waals surface area contributed by atoms with E-state index in [1.165, 1.54) is 17.0 Å². The Kier molecular flexibility index (Phi) is 4.40. The van der Waals surface area contributed by atoms with Gasteiger partial charge in [-0.25, -0.2) is 4.79 Å². The van der Waals surface area contributed by atoms with E-state index < -0.39 is 6.09 Å². The van der Waals surface area contributed by atoms with Crippen LogP contribution in [0.3, 0.4) is 0 Å². The van der Waals surface area contributed by atoms with Crippen LogP contribution in [0.25, 0.3) is 0 Å². The number of halogens is 2. The summed E-state index contributed by atoms with van der Waals surface area (Å²) in [6, 6.07) is 2.59. The van der Waals surface area contributed by atoms with Gasteiger partial charge in [0.1, 0.15) is 5.75 Å². The number of nitrogens with zero attached hydrogens (tertiary/aromatic N) is 1. The minimum absolute atomic E-state index is 0.133. The minimum Gasteiger partial charge on any atom is -0.507 e. The second-order valence-electron chi connectivity index (χ2n) is 4.69. The normalized spacial score (nSPS) is 16.2. The molecule has 108 valence electrons. The first-order chi connectivity index (χ1) is 9.40. The molecule has 20 heavy (non-hydrogen) atoms. The number of hydrogen-bond donors (Lipinski definition) is 2. The van der Waals surface area contributed by atoms with Gasteiger partial charge < -0.3 is 15.1 Å². The molecule has 0 saturated carbocycles. The van der Waals surface area contributed by atoms with Gasteiger partial charge in [0.25, 0.3) is 0 Å². The number of carbonyl (C=O) groups excluding carboxylic acids is 1. The van der Waals surface area contributed by atoms with E-state index in [0.717, 1.165) is 0 Å². The van der Waals surface area contributed by atoms with Crippen molar-refractivity contribution in [1.82, 2.24) is 4.90 Å². The zero-order valence-corrected chi connectivity index (χ0v) is 12.0. The van der Waals surface area contributed by atoms with Crippen molar-refractivity contribution in [3.8, 4) is 5.75 Å². The van der Waals surface area contributed by atoms with Crippen LogP contribution in [-0.2, 0) is 0 Å². The number of carbonyl (C=O) groups is 2. The Morgan fingerprint density at radius 2 is 1.70 bits per heavy atom. The summed E-state index contributed by atoms with van der Waals surface area (Å²) in [5, 5.41) is 19.0. The van der Waals surface area contributed by atoms with Gasteiger partial charge in [-0.1, -0.05) is 23.2 Å². The lowest BCUT2D eigenvalue weighted by Crippen LogP contribution is -2.39. The zero-order valence-electron chi connectivity index (χ0n) is 10.5. The lowest BCUT2D eigenvalue weighted by molar-refractivity contribution is 0.0818. The van der Waals surface area contributed by atoms with Crippen LogP contribution < -0.4 is 0 Å². The molecule has 0 bridgehead atoms. The van der Waals surface area contributed by atoms with Crippen LogP contribution in [0, 0.1) is 5.92 Å². The largest absolute Gasteiger partial charge is 0.507 e. The summed E-state index contributed by atoms with van der Waals surface area (Å²) < 4.78 is 0. The van der Waals surface area contributed by atoms with Crippen molar-refractivity contribution in [3.63, 3.8) is 0 Å². The number of hydrogen-bond acceptors (Lipinski definition) is 3. The Balaban J connectivity index is 2.13. The average molecular weight is 318 g/mol. The fourth-order valence-corrected chi connectivity index (χ4v) is 2.61. The number of carboxylic acid groups (broad SMARTS) is 1. The molecule has 0 unspecified atom stereocenters. The molecule has 0 spiro atoms. The minimum atomic E-state index is -0.978. The van der Waals surface area contributed by atoms with Gasteiger partial charge in [-0.05, 0) is 18.9 Å². The molecule has 0 atom stereocenters. The molecular weight excluding hydrogens is 305 g/mol. The van der Waals surface area contributed by atoms with E-state index in [9.17, 15) is 14.7 Å². The lowest BCUT2D eigenvalue weighted by Gasteiger charge is -2.29. The number of rotatable bonds is 2. The van der Waals surface area contributed by atoms with Gasteiger partial charge >= 0.3 is 6.09 Å². The molecule has 0 aliphatic carbocycles. The molecule has 0 aromatic heterocycles. The van der Waals surface area contributed by atoms with Crippen molar-refractivity contribution >= 4 is 35.1 Å². The summed E-state index contributed by atoms with van der Waals surface area (Å²) in [6.45, 7) is 0.627. The summed E-state index contributed by atoms with van der Waals surface area (Å²) in [4.78, 5) is 24.4. The molecule has 1 aliphatic heterocycles. The number of piperidine rings is 1. The number of likely N-dealkylation sites (tertiary alicyclic amines) is 1. The standard InChI is InChI=1S/C13H13Cl2NO4/c14-9-5-8(11(17)6-10(9)15)12(18)7-1-3-16(4-2-7)13(19)20/h5-7,17H,1-4H2,(H,19,20). The molecule has 2 rings (SSSR count). The van der Waals surface area contributed by atoms with Gasteiger partial charge in [0.2, 0.25) is 0 Å². The fourth-order valence-electron chi connectivity index (χ4n) is 2.29. The van der Waals surface area contributed by atoms with Gasteiger partial charge in [-0.2, -0.15) is 0 Å². The summed E-state index contributed by atoms with van der Waals surface area (Å²) in [6.07, 6.45) is -0.108. The first-order valence-electron chi connectivity index (χ1n) is 6.10. The smallest absolute Gasteiger partial charge is 0.407 e. The van der Waals surface area contributed by atoms with Crippen LogP contribution >= 0.6 is 23.2 Å². The van der Waals surface area contributed by atoms with E-state index in [1.807, 2.05) is 0 Å². The van der Waals surface area contributed by atoms with Gasteiger partial charge in [-0.3, -0.25) is 4.79 Å². The number of aromatic hydroxyl groups is 1. The molecular formula is C13H13Cl2NO4. The van der Waals surface area contributed by atoms with Crippen LogP contribution in [0.4, 0.5) is 4.79 Å². The molecule has 2 N–H and O–H groups in total. The van der Waals surface area contributed by atoms with Crippen LogP contribution in [0.15, 0.2) is 12.1 Å². The number of phenols is 1. The third kappa shape index (κ3) is 2.99. The number of ketones is 1. The van der Waals surface area contributed by atoms with Crippen molar-refractivity contribution in [2.45, 2.75) is 12.8 Å². The predicted molar refractivity (Wildman–Crippen MR) is 74.8 cm³/mol. The molecule has 7 heteroatoms. The van der Waals surface area contributed by atoms with Crippen LogP contribution in [0.1, 0.15) is 23.2 Å². The Morgan fingerprint density at radius 3 is 2.25 bits per heavy atom. The lowest BCUT2D eigenvalue weighted by atomic mass is 9.88. The average Bonchev–Trinajstić information content (AvgIpc) is 2.42. The van der Waals surface area contributed by atoms with E-state index in [1.54, 1.807) is 0 Å². The van der Waals surface area contributed by atoms with Gasteiger partial charge in [0, 0.05) is 25.1 Å². The Bertz CT molecular complexity index is 554. The highest BCUT2D eigenvalue weighted by molar-refractivity contribution is 6.42. The number of benzene rings is 1. The highest BCUT2D eigenvalue weighted by Crippen LogP contribution is 2.33. The van der Waals surface area contributed by atoms with E-state index in [0.29, 0.717) is 25.9 Å². The molecule has 1 fully saturated rings. The molecule has 5 nitrogen and oxygen atoms in total. The maximum atomic E-state index is 12.3. The Hall–Kier alpha value is -1.46.